The third-order valence-electron chi connectivity index (χ3n) is 4.33. The molecule has 8 heteroatoms. The lowest BCUT2D eigenvalue weighted by atomic mass is 10.1. The van der Waals surface area contributed by atoms with Crippen LogP contribution in [0.4, 0.5) is 11.4 Å². The summed E-state index contributed by atoms with van der Waals surface area (Å²) in [4.78, 5) is 36.4. The predicted molar refractivity (Wildman–Crippen MR) is 111 cm³/mol. The lowest BCUT2D eigenvalue weighted by Gasteiger charge is -2.25. The number of hydrogen-bond acceptors (Lipinski definition) is 5. The molecule has 0 heterocycles. The fourth-order valence-electron chi connectivity index (χ4n) is 2.50. The van der Waals surface area contributed by atoms with Crippen molar-refractivity contribution in [1.82, 2.24) is 4.90 Å². The highest BCUT2D eigenvalue weighted by Gasteiger charge is 2.19. The highest BCUT2D eigenvalue weighted by Crippen LogP contribution is 2.23. The molecule has 0 aromatic heterocycles. The normalized spacial score (nSPS) is 11.5. The van der Waals surface area contributed by atoms with Crippen molar-refractivity contribution >= 4 is 35.0 Å². The van der Waals surface area contributed by atoms with Crippen LogP contribution in [-0.4, -0.2) is 40.2 Å². The van der Waals surface area contributed by atoms with Crippen molar-refractivity contribution in [2.45, 2.75) is 19.9 Å². The maximum atomic E-state index is 12.4. The smallest absolute Gasteiger partial charge is 0.269 e. The first kappa shape index (κ1) is 21.4. The molecule has 1 atom stereocenters. The van der Waals surface area contributed by atoms with Crippen LogP contribution in [0.3, 0.4) is 0 Å². The Morgan fingerprint density at radius 3 is 2.50 bits per heavy atom. The Hall–Kier alpha value is -2.87. The van der Waals surface area contributed by atoms with Crippen LogP contribution < -0.4 is 5.32 Å². The number of anilines is 1. The van der Waals surface area contributed by atoms with Crippen molar-refractivity contribution in [2.75, 3.05) is 23.9 Å². The van der Waals surface area contributed by atoms with Crippen molar-refractivity contribution < 1.29 is 14.5 Å². The Balaban J connectivity index is 1.83. The van der Waals surface area contributed by atoms with Gasteiger partial charge in [-0.1, -0.05) is 29.8 Å². The van der Waals surface area contributed by atoms with Gasteiger partial charge >= 0.3 is 0 Å². The molecule has 0 bridgehead atoms. The average molecular weight is 401 g/mol. The van der Waals surface area contributed by atoms with Gasteiger partial charge in [0.25, 0.3) is 5.69 Å². The van der Waals surface area contributed by atoms with E-state index in [-0.39, 0.29) is 35.0 Å². The number of thioether (sulfide) groups is 1. The molecule has 0 radical (unpaired) electrons. The second-order valence-electron chi connectivity index (χ2n) is 6.44. The molecule has 0 saturated heterocycles. The molecule has 7 nitrogen and oxygen atoms in total. The van der Waals surface area contributed by atoms with E-state index in [2.05, 4.69) is 5.32 Å². The maximum Gasteiger partial charge on any atom is 0.269 e. The molecule has 0 spiro atoms. The number of amides is 2. The Bertz CT molecular complexity index is 855. The molecule has 148 valence electrons. The average Bonchev–Trinajstić information content (AvgIpc) is 2.68. The van der Waals surface area contributed by atoms with Gasteiger partial charge in [-0.05, 0) is 31.5 Å². The number of nitrogens with one attached hydrogen (secondary N) is 1. The van der Waals surface area contributed by atoms with E-state index in [4.69, 9.17) is 0 Å². The summed E-state index contributed by atoms with van der Waals surface area (Å²) in [6.45, 7) is 3.78. The van der Waals surface area contributed by atoms with Crippen LogP contribution in [-0.2, 0) is 9.59 Å². The number of carbonyl (C=O) groups excluding carboxylic acids is 2. The largest absolute Gasteiger partial charge is 0.338 e. The zero-order chi connectivity index (χ0) is 20.7. The van der Waals surface area contributed by atoms with Gasteiger partial charge in [0.15, 0.2) is 0 Å². The first-order valence-electron chi connectivity index (χ1n) is 8.72. The molecule has 0 aliphatic rings. The van der Waals surface area contributed by atoms with Crippen molar-refractivity contribution in [3.8, 4) is 0 Å². The van der Waals surface area contributed by atoms with Crippen molar-refractivity contribution in [2.24, 2.45) is 0 Å². The standard InChI is InChI=1S/C20H23N3O4S/c1-14-7-9-17(10-8-14)21-19(24)12-28-13-20(25)22(3)15(2)16-5-4-6-18(11-16)23(26)27/h4-11,15H,12-13H2,1-3H3,(H,21,24). The second kappa shape index (κ2) is 9.89. The molecule has 28 heavy (non-hydrogen) atoms. The van der Waals surface area contributed by atoms with Crippen molar-refractivity contribution in [3.05, 3.63) is 69.8 Å². The molecule has 0 aliphatic carbocycles. The first-order valence-corrected chi connectivity index (χ1v) is 9.87. The molecular formula is C20H23N3O4S. The molecule has 0 saturated carbocycles. The molecule has 2 aromatic carbocycles. The Morgan fingerprint density at radius 2 is 1.86 bits per heavy atom. The third-order valence-corrected chi connectivity index (χ3v) is 5.25. The summed E-state index contributed by atoms with van der Waals surface area (Å²) < 4.78 is 0. The summed E-state index contributed by atoms with van der Waals surface area (Å²) in [7, 11) is 1.65. The van der Waals surface area contributed by atoms with E-state index in [1.807, 2.05) is 38.1 Å². The van der Waals surface area contributed by atoms with Crippen LogP contribution in [0.1, 0.15) is 24.1 Å². The number of carbonyl (C=O) groups is 2. The summed E-state index contributed by atoms with van der Waals surface area (Å²) >= 11 is 1.23. The molecule has 1 unspecified atom stereocenters. The lowest BCUT2D eigenvalue weighted by Crippen LogP contribution is -2.31. The maximum absolute atomic E-state index is 12.4. The zero-order valence-corrected chi connectivity index (χ0v) is 16.9. The third kappa shape index (κ3) is 6.09. The number of non-ortho nitro benzene ring substituents is 1. The summed E-state index contributed by atoms with van der Waals surface area (Å²) in [5.74, 6) is -0.00129. The van der Waals surface area contributed by atoms with Crippen LogP contribution in [0.15, 0.2) is 48.5 Å². The number of nitrogens with zero attached hydrogens (tertiary/aromatic N) is 2. The summed E-state index contributed by atoms with van der Waals surface area (Å²) in [6.07, 6.45) is 0. The quantitative estimate of drug-likeness (QED) is 0.537. The van der Waals surface area contributed by atoms with Gasteiger partial charge in [-0.15, -0.1) is 11.8 Å². The van der Waals surface area contributed by atoms with E-state index >= 15 is 0 Å². The predicted octanol–water partition coefficient (Wildman–Crippen LogP) is 3.79. The number of benzene rings is 2. The highest BCUT2D eigenvalue weighted by atomic mass is 32.2. The SMILES string of the molecule is Cc1ccc(NC(=O)CSCC(=O)N(C)C(C)c2cccc([N+](=O)[O-])c2)cc1. The number of rotatable bonds is 8. The van der Waals surface area contributed by atoms with E-state index in [1.54, 1.807) is 19.2 Å². The zero-order valence-electron chi connectivity index (χ0n) is 16.0. The van der Waals surface area contributed by atoms with E-state index < -0.39 is 4.92 Å². The van der Waals surface area contributed by atoms with Crippen LogP contribution in [0.25, 0.3) is 0 Å². The van der Waals surface area contributed by atoms with Crippen molar-refractivity contribution in [1.29, 1.82) is 0 Å². The lowest BCUT2D eigenvalue weighted by molar-refractivity contribution is -0.384. The molecule has 0 aliphatic heterocycles. The monoisotopic (exact) mass is 401 g/mol. The van der Waals surface area contributed by atoms with Gasteiger partial charge in [0.05, 0.1) is 22.5 Å². The number of hydrogen-bond donors (Lipinski definition) is 1. The topological polar surface area (TPSA) is 92.6 Å². The highest BCUT2D eigenvalue weighted by molar-refractivity contribution is 8.00. The van der Waals surface area contributed by atoms with E-state index in [1.165, 1.54) is 28.8 Å². The van der Waals surface area contributed by atoms with Crippen LogP contribution in [0.2, 0.25) is 0 Å². The van der Waals surface area contributed by atoms with Crippen molar-refractivity contribution in [3.63, 3.8) is 0 Å². The van der Waals surface area contributed by atoms with Crippen LogP contribution in [0, 0.1) is 17.0 Å². The molecular weight excluding hydrogens is 378 g/mol. The minimum Gasteiger partial charge on any atom is -0.338 e. The van der Waals surface area contributed by atoms with Crippen LogP contribution >= 0.6 is 11.8 Å². The minimum atomic E-state index is -0.458. The Kier molecular flexibility index (Phi) is 7.57. The van der Waals surface area contributed by atoms with Gasteiger partial charge < -0.3 is 10.2 Å². The fraction of sp³-hybridized carbons (Fsp3) is 0.300. The molecule has 2 aromatic rings. The molecule has 2 amide bonds. The number of nitro benzene ring substituents is 1. The second-order valence-corrected chi connectivity index (χ2v) is 7.43. The minimum absolute atomic E-state index is 0.00708. The summed E-state index contributed by atoms with van der Waals surface area (Å²) in [5.41, 5.74) is 2.51. The molecule has 2 rings (SSSR count). The van der Waals surface area contributed by atoms with E-state index in [0.29, 0.717) is 5.56 Å². The fourth-order valence-corrected chi connectivity index (χ4v) is 3.24. The number of aryl methyl sites for hydroxylation is 1. The first-order chi connectivity index (χ1) is 13.3. The summed E-state index contributed by atoms with van der Waals surface area (Å²) in [5, 5.41) is 13.7. The van der Waals surface area contributed by atoms with Gasteiger partial charge in [-0.25, -0.2) is 0 Å². The van der Waals surface area contributed by atoms with Gasteiger partial charge in [0, 0.05) is 24.9 Å². The van der Waals surface area contributed by atoms with E-state index in [0.717, 1.165) is 11.3 Å². The Labute approximate surface area is 168 Å². The summed E-state index contributed by atoms with van der Waals surface area (Å²) in [6, 6.07) is 13.4. The van der Waals surface area contributed by atoms with Gasteiger partial charge in [-0.2, -0.15) is 0 Å². The van der Waals surface area contributed by atoms with E-state index in [9.17, 15) is 19.7 Å². The van der Waals surface area contributed by atoms with Gasteiger partial charge in [0.2, 0.25) is 11.8 Å². The molecule has 0 fully saturated rings. The Morgan fingerprint density at radius 1 is 1.18 bits per heavy atom. The molecule has 1 N–H and O–H groups in total. The number of nitro groups is 1. The van der Waals surface area contributed by atoms with Crippen LogP contribution in [0.5, 0.6) is 0 Å². The van der Waals surface area contributed by atoms with Gasteiger partial charge in [-0.3, -0.25) is 19.7 Å². The van der Waals surface area contributed by atoms with Gasteiger partial charge in [0.1, 0.15) is 0 Å².